The molecule has 3 amide bonds. The molecular formula is C25H24N4O5S2. The molecule has 2 aliphatic rings. The molecule has 11 heteroatoms. The van der Waals surface area contributed by atoms with Crippen LogP contribution in [0.25, 0.3) is 0 Å². The lowest BCUT2D eigenvalue weighted by molar-refractivity contribution is -0.385. The maximum absolute atomic E-state index is 12.6. The minimum atomic E-state index is -0.664. The Kier molecular flexibility index (Phi) is 7.56. The van der Waals surface area contributed by atoms with Crippen LogP contribution in [0.5, 0.6) is 0 Å². The maximum Gasteiger partial charge on any atom is 0.282 e. The first-order valence-corrected chi connectivity index (χ1v) is 13.0. The van der Waals surface area contributed by atoms with Crippen LogP contribution < -0.4 is 5.32 Å². The van der Waals surface area contributed by atoms with Gasteiger partial charge in [0.15, 0.2) is 0 Å². The summed E-state index contributed by atoms with van der Waals surface area (Å²) in [5, 5.41) is 24.3. The van der Waals surface area contributed by atoms with Crippen LogP contribution in [-0.2, 0) is 17.6 Å². The quantitative estimate of drug-likeness (QED) is 0.165. The number of carbonyl (C=O) groups excluding carboxylic acids is 3. The van der Waals surface area contributed by atoms with Crippen LogP contribution in [0.15, 0.2) is 18.2 Å². The SMILES string of the molecule is CC1CCc2c(C#N)c(NC(=O)CCCCCN3C(=O)c4cccc([N+](=O)[O-])c4C3=O)sc(=S)c2C1. The molecule has 0 bridgehead atoms. The van der Waals surface area contributed by atoms with E-state index in [1.165, 1.54) is 29.5 Å². The van der Waals surface area contributed by atoms with E-state index < -0.39 is 16.7 Å². The number of benzene rings is 1. The molecule has 0 radical (unpaired) electrons. The summed E-state index contributed by atoms with van der Waals surface area (Å²) in [6.07, 6.45) is 4.39. The first-order chi connectivity index (χ1) is 17.2. The molecule has 2 aromatic rings. The Balaban J connectivity index is 1.30. The molecule has 0 fully saturated rings. The van der Waals surface area contributed by atoms with E-state index in [0.29, 0.717) is 39.6 Å². The molecule has 1 N–H and O–H groups in total. The van der Waals surface area contributed by atoms with Crippen LogP contribution in [-0.4, -0.2) is 34.1 Å². The Morgan fingerprint density at radius 1 is 1.28 bits per heavy atom. The number of amides is 3. The smallest absolute Gasteiger partial charge is 0.282 e. The highest BCUT2D eigenvalue weighted by atomic mass is 32.1. The number of hydrogen-bond donors (Lipinski definition) is 1. The van der Waals surface area contributed by atoms with Gasteiger partial charge in [0.1, 0.15) is 16.6 Å². The van der Waals surface area contributed by atoms with Crippen molar-refractivity contribution in [2.75, 3.05) is 11.9 Å². The molecule has 1 aliphatic heterocycles. The second-order valence-corrected chi connectivity index (χ2v) is 10.8. The van der Waals surface area contributed by atoms with Crippen molar-refractivity contribution in [3.8, 4) is 6.07 Å². The zero-order valence-corrected chi connectivity index (χ0v) is 21.3. The minimum Gasteiger partial charge on any atom is -0.317 e. The molecule has 36 heavy (non-hydrogen) atoms. The normalized spacial score (nSPS) is 16.3. The lowest BCUT2D eigenvalue weighted by Crippen LogP contribution is -2.30. The third kappa shape index (κ3) is 4.92. The highest BCUT2D eigenvalue weighted by molar-refractivity contribution is 7.73. The topological polar surface area (TPSA) is 133 Å². The number of hydrogen-bond acceptors (Lipinski definition) is 8. The molecule has 1 aromatic heterocycles. The predicted octanol–water partition coefficient (Wildman–Crippen LogP) is 5.18. The summed E-state index contributed by atoms with van der Waals surface area (Å²) in [7, 11) is 0. The standard InChI is InChI=1S/C25H24N4O5S2/c1-14-9-10-15-17(12-14)25(35)36-22(18(15)13-26)27-20(30)8-3-2-4-11-28-23(31)16-6-5-7-19(29(33)34)21(16)24(28)32/h5-7,14H,2-4,8-12H2,1H3,(H,27,30). The number of imide groups is 1. The van der Waals surface area contributed by atoms with Crippen molar-refractivity contribution in [1.29, 1.82) is 5.26 Å². The third-order valence-corrected chi connectivity index (χ3v) is 8.04. The Morgan fingerprint density at radius 2 is 2.06 bits per heavy atom. The van der Waals surface area contributed by atoms with Crippen molar-refractivity contribution in [3.05, 3.63) is 60.0 Å². The summed E-state index contributed by atoms with van der Waals surface area (Å²) in [5.41, 5.74) is 2.02. The second-order valence-electron chi connectivity index (χ2n) is 9.09. The van der Waals surface area contributed by atoms with Crippen molar-refractivity contribution >= 4 is 52.0 Å². The molecular weight excluding hydrogens is 500 g/mol. The largest absolute Gasteiger partial charge is 0.317 e. The molecule has 0 saturated carbocycles. The Bertz CT molecular complexity index is 1380. The number of nitrogens with zero attached hydrogens (tertiary/aromatic N) is 3. The number of nitrogens with one attached hydrogen (secondary N) is 1. The van der Waals surface area contributed by atoms with E-state index >= 15 is 0 Å². The average molecular weight is 525 g/mol. The molecule has 1 aliphatic carbocycles. The Labute approximate surface area is 216 Å². The maximum atomic E-state index is 12.6. The molecule has 1 aromatic carbocycles. The minimum absolute atomic E-state index is 0.0451. The van der Waals surface area contributed by atoms with Gasteiger partial charge in [0.2, 0.25) is 5.91 Å². The molecule has 1 atom stereocenters. The molecule has 9 nitrogen and oxygen atoms in total. The van der Waals surface area contributed by atoms with Crippen LogP contribution in [0.2, 0.25) is 0 Å². The van der Waals surface area contributed by atoms with Crippen LogP contribution in [0.4, 0.5) is 10.7 Å². The number of nitriles is 1. The number of unbranched alkanes of at least 4 members (excludes halogenated alkanes) is 2. The fraction of sp³-hybridized carbons (Fsp3) is 0.400. The van der Waals surface area contributed by atoms with Crippen LogP contribution in [0.1, 0.15) is 76.4 Å². The highest BCUT2D eigenvalue weighted by Gasteiger charge is 2.40. The van der Waals surface area contributed by atoms with Gasteiger partial charge in [-0.1, -0.05) is 31.6 Å². The Morgan fingerprint density at radius 3 is 2.78 bits per heavy atom. The first kappa shape index (κ1) is 25.6. The molecule has 4 rings (SSSR count). The summed E-state index contributed by atoms with van der Waals surface area (Å²) < 4.78 is 0.715. The predicted molar refractivity (Wildman–Crippen MR) is 137 cm³/mol. The van der Waals surface area contributed by atoms with Gasteiger partial charge in [-0.3, -0.25) is 29.4 Å². The number of carbonyl (C=O) groups is 3. The van der Waals surface area contributed by atoms with E-state index in [-0.39, 0.29) is 35.7 Å². The van der Waals surface area contributed by atoms with Gasteiger partial charge in [0.05, 0.1) is 19.9 Å². The number of nitro groups is 1. The highest BCUT2D eigenvalue weighted by Crippen LogP contribution is 2.36. The van der Waals surface area contributed by atoms with E-state index in [1.54, 1.807) is 0 Å². The average Bonchev–Trinajstić information content (AvgIpc) is 3.09. The van der Waals surface area contributed by atoms with Crippen molar-refractivity contribution < 1.29 is 19.3 Å². The van der Waals surface area contributed by atoms with Gasteiger partial charge >= 0.3 is 0 Å². The lowest BCUT2D eigenvalue weighted by atomic mass is 9.85. The van der Waals surface area contributed by atoms with E-state index in [4.69, 9.17) is 12.2 Å². The summed E-state index contributed by atoms with van der Waals surface area (Å²) in [4.78, 5) is 49.3. The van der Waals surface area contributed by atoms with Gasteiger partial charge in [-0.15, -0.1) is 11.3 Å². The number of anilines is 1. The van der Waals surface area contributed by atoms with Crippen LogP contribution in [0.3, 0.4) is 0 Å². The van der Waals surface area contributed by atoms with Gasteiger partial charge in [-0.2, -0.15) is 5.26 Å². The summed E-state index contributed by atoms with van der Waals surface area (Å²) in [6.45, 7) is 2.29. The zero-order chi connectivity index (χ0) is 26.0. The van der Waals surface area contributed by atoms with E-state index in [9.17, 15) is 29.8 Å². The number of fused-ring (bicyclic) bond motifs is 2. The van der Waals surface area contributed by atoms with Gasteiger partial charge in [0.25, 0.3) is 17.5 Å². The molecule has 186 valence electrons. The summed E-state index contributed by atoms with van der Waals surface area (Å²) in [6, 6.07) is 6.26. The summed E-state index contributed by atoms with van der Waals surface area (Å²) >= 11 is 6.80. The molecule has 0 saturated heterocycles. The molecule has 1 unspecified atom stereocenters. The fourth-order valence-corrected chi connectivity index (χ4v) is 6.15. The van der Waals surface area contributed by atoms with Gasteiger partial charge in [-0.05, 0) is 55.2 Å². The number of rotatable bonds is 8. The fourth-order valence-electron chi connectivity index (χ4n) is 4.74. The van der Waals surface area contributed by atoms with Gasteiger partial charge < -0.3 is 5.32 Å². The lowest BCUT2D eigenvalue weighted by Gasteiger charge is -2.23. The van der Waals surface area contributed by atoms with Crippen molar-refractivity contribution in [2.45, 2.75) is 51.9 Å². The van der Waals surface area contributed by atoms with E-state index in [1.807, 2.05) is 0 Å². The molecule has 0 spiro atoms. The zero-order valence-electron chi connectivity index (χ0n) is 19.7. The van der Waals surface area contributed by atoms with E-state index in [2.05, 4.69) is 18.3 Å². The third-order valence-electron chi connectivity index (χ3n) is 6.60. The van der Waals surface area contributed by atoms with E-state index in [0.717, 1.165) is 35.3 Å². The van der Waals surface area contributed by atoms with Gasteiger partial charge in [0, 0.05) is 19.0 Å². The van der Waals surface area contributed by atoms with Crippen molar-refractivity contribution in [3.63, 3.8) is 0 Å². The summed E-state index contributed by atoms with van der Waals surface area (Å²) in [5.74, 6) is -0.901. The second kappa shape index (κ2) is 10.6. The Hall–Kier alpha value is -3.49. The van der Waals surface area contributed by atoms with Gasteiger partial charge in [-0.25, -0.2) is 0 Å². The number of nitro benzene ring substituents is 1. The first-order valence-electron chi connectivity index (χ1n) is 11.7. The van der Waals surface area contributed by atoms with Crippen molar-refractivity contribution in [2.24, 2.45) is 5.92 Å². The molecule has 2 heterocycles. The van der Waals surface area contributed by atoms with Crippen LogP contribution in [0, 0.1) is 31.2 Å². The van der Waals surface area contributed by atoms with Crippen molar-refractivity contribution in [1.82, 2.24) is 4.90 Å². The monoisotopic (exact) mass is 524 g/mol. The van der Waals surface area contributed by atoms with Crippen LogP contribution >= 0.6 is 23.6 Å².